The van der Waals surface area contributed by atoms with Crippen LogP contribution >= 0.6 is 11.3 Å². The topological polar surface area (TPSA) is 51.2 Å². The number of amides is 1. The van der Waals surface area contributed by atoms with Crippen LogP contribution < -0.4 is 5.32 Å². The fourth-order valence-corrected chi connectivity index (χ4v) is 1.73. The highest BCUT2D eigenvalue weighted by molar-refractivity contribution is 7.11. The summed E-state index contributed by atoms with van der Waals surface area (Å²) in [6.07, 6.45) is 2.44. The monoisotopic (exact) mass is 214 g/mol. The van der Waals surface area contributed by atoms with Crippen molar-refractivity contribution in [1.29, 1.82) is 0 Å². The molecule has 0 radical (unpaired) electrons. The van der Waals surface area contributed by atoms with Gasteiger partial charge < -0.3 is 10.1 Å². The van der Waals surface area contributed by atoms with E-state index in [1.54, 1.807) is 18.3 Å². The van der Waals surface area contributed by atoms with Crippen molar-refractivity contribution in [2.75, 3.05) is 6.61 Å². The van der Waals surface area contributed by atoms with Gasteiger partial charge in [-0.25, -0.2) is 9.78 Å². The molecule has 0 saturated carbocycles. The lowest BCUT2D eigenvalue weighted by Gasteiger charge is -2.01. The molecule has 14 heavy (non-hydrogen) atoms. The lowest BCUT2D eigenvalue weighted by atomic mass is 10.4. The first-order chi connectivity index (χ1) is 6.76. The Morgan fingerprint density at radius 1 is 1.64 bits per heavy atom. The minimum absolute atomic E-state index is 0.388. The first kappa shape index (κ1) is 11.0. The van der Waals surface area contributed by atoms with Crippen molar-refractivity contribution in [3.8, 4) is 0 Å². The molecule has 4 nitrogen and oxygen atoms in total. The van der Waals surface area contributed by atoms with Crippen molar-refractivity contribution in [3.05, 3.63) is 16.1 Å². The summed E-state index contributed by atoms with van der Waals surface area (Å²) >= 11 is 1.61. The van der Waals surface area contributed by atoms with Gasteiger partial charge in [-0.05, 0) is 13.3 Å². The zero-order valence-electron chi connectivity index (χ0n) is 8.37. The molecule has 0 saturated heterocycles. The average molecular weight is 214 g/mol. The summed E-state index contributed by atoms with van der Waals surface area (Å²) in [5.41, 5.74) is 0. The van der Waals surface area contributed by atoms with Gasteiger partial charge in [-0.2, -0.15) is 0 Å². The molecule has 0 bridgehead atoms. The standard InChI is InChI=1S/C9H14N2O2S/c1-3-7-5-10-8(14-7)6-11-9(12)13-4-2/h5H,3-4,6H2,1-2H3,(H,11,12). The second-order valence-corrected chi connectivity index (χ2v) is 3.85. The number of carbonyl (C=O) groups is 1. The fraction of sp³-hybridized carbons (Fsp3) is 0.556. The van der Waals surface area contributed by atoms with Gasteiger partial charge in [0.25, 0.3) is 0 Å². The molecule has 1 rings (SSSR count). The minimum Gasteiger partial charge on any atom is -0.450 e. The van der Waals surface area contributed by atoms with Crippen LogP contribution in [0.3, 0.4) is 0 Å². The third kappa shape index (κ3) is 3.33. The van der Waals surface area contributed by atoms with E-state index in [2.05, 4.69) is 17.2 Å². The van der Waals surface area contributed by atoms with Gasteiger partial charge in [0.2, 0.25) is 0 Å². The van der Waals surface area contributed by atoms with Gasteiger partial charge in [-0.15, -0.1) is 11.3 Å². The highest BCUT2D eigenvalue weighted by Gasteiger charge is 2.03. The van der Waals surface area contributed by atoms with Crippen LogP contribution in [0.15, 0.2) is 6.20 Å². The van der Waals surface area contributed by atoms with Gasteiger partial charge in [-0.1, -0.05) is 6.92 Å². The number of nitrogens with zero attached hydrogens (tertiary/aromatic N) is 1. The Morgan fingerprint density at radius 2 is 2.43 bits per heavy atom. The van der Waals surface area contributed by atoms with Crippen molar-refractivity contribution in [2.45, 2.75) is 26.8 Å². The molecule has 0 aliphatic carbocycles. The zero-order valence-corrected chi connectivity index (χ0v) is 9.19. The SMILES string of the molecule is CCOC(=O)NCc1ncc(CC)s1. The summed E-state index contributed by atoms with van der Waals surface area (Å²) in [6.45, 7) is 4.70. The van der Waals surface area contributed by atoms with E-state index in [1.165, 1.54) is 4.88 Å². The summed E-state index contributed by atoms with van der Waals surface area (Å²) in [5.74, 6) is 0. The predicted octanol–water partition coefficient (Wildman–Crippen LogP) is 1.95. The Balaban J connectivity index is 2.34. The molecule has 1 N–H and O–H groups in total. The number of hydrogen-bond acceptors (Lipinski definition) is 4. The molecule has 1 aromatic heterocycles. The number of aromatic nitrogens is 1. The minimum atomic E-state index is -0.388. The maximum absolute atomic E-state index is 10.9. The van der Waals surface area contributed by atoms with E-state index < -0.39 is 0 Å². The summed E-state index contributed by atoms with van der Waals surface area (Å²) < 4.78 is 4.72. The predicted molar refractivity (Wildman–Crippen MR) is 55.4 cm³/mol. The van der Waals surface area contributed by atoms with Crippen LogP contribution in [0.2, 0.25) is 0 Å². The molecule has 1 aromatic rings. The van der Waals surface area contributed by atoms with Gasteiger partial charge in [0, 0.05) is 11.1 Å². The third-order valence-corrected chi connectivity index (χ3v) is 2.75. The maximum atomic E-state index is 10.9. The van der Waals surface area contributed by atoms with Gasteiger partial charge in [0.1, 0.15) is 5.01 Å². The molecular weight excluding hydrogens is 200 g/mol. The Kier molecular flexibility index (Phi) is 4.39. The number of rotatable bonds is 4. The Bertz CT molecular complexity index is 299. The fourth-order valence-electron chi connectivity index (χ4n) is 0.923. The highest BCUT2D eigenvalue weighted by Crippen LogP contribution is 2.12. The Morgan fingerprint density at radius 3 is 3.00 bits per heavy atom. The maximum Gasteiger partial charge on any atom is 0.407 e. The molecule has 5 heteroatoms. The number of carbonyl (C=O) groups excluding carboxylic acids is 1. The summed E-state index contributed by atoms with van der Waals surface area (Å²) in [7, 11) is 0. The van der Waals surface area contributed by atoms with E-state index in [1.807, 2.05) is 6.20 Å². The van der Waals surface area contributed by atoms with Crippen LogP contribution in [0, 0.1) is 0 Å². The second-order valence-electron chi connectivity index (χ2n) is 2.65. The molecule has 0 atom stereocenters. The molecule has 0 aromatic carbocycles. The number of nitrogens with one attached hydrogen (secondary N) is 1. The first-order valence-electron chi connectivity index (χ1n) is 4.60. The van der Waals surface area contributed by atoms with Gasteiger partial charge in [-0.3, -0.25) is 0 Å². The molecule has 1 heterocycles. The van der Waals surface area contributed by atoms with Crippen LogP contribution in [0.25, 0.3) is 0 Å². The molecule has 0 aliphatic heterocycles. The number of alkyl carbamates (subject to hydrolysis) is 1. The number of aryl methyl sites for hydroxylation is 1. The van der Waals surface area contributed by atoms with E-state index in [-0.39, 0.29) is 6.09 Å². The van der Waals surface area contributed by atoms with E-state index in [0.717, 1.165) is 11.4 Å². The van der Waals surface area contributed by atoms with Gasteiger partial charge in [0.15, 0.2) is 0 Å². The zero-order chi connectivity index (χ0) is 10.4. The largest absolute Gasteiger partial charge is 0.450 e. The van der Waals surface area contributed by atoms with Crippen LogP contribution in [-0.4, -0.2) is 17.7 Å². The van der Waals surface area contributed by atoms with E-state index in [0.29, 0.717) is 13.2 Å². The number of ether oxygens (including phenoxy) is 1. The Hall–Kier alpha value is -1.10. The molecule has 78 valence electrons. The lowest BCUT2D eigenvalue weighted by molar-refractivity contribution is 0.151. The normalized spacial score (nSPS) is 9.86. The lowest BCUT2D eigenvalue weighted by Crippen LogP contribution is -2.23. The number of thiazole rings is 1. The van der Waals surface area contributed by atoms with Crippen molar-refractivity contribution in [2.24, 2.45) is 0 Å². The molecule has 1 amide bonds. The summed E-state index contributed by atoms with van der Waals surface area (Å²) in [4.78, 5) is 16.3. The van der Waals surface area contributed by atoms with E-state index in [4.69, 9.17) is 4.74 Å². The molecular formula is C9H14N2O2S. The van der Waals surface area contributed by atoms with Crippen molar-refractivity contribution in [3.63, 3.8) is 0 Å². The highest BCUT2D eigenvalue weighted by atomic mass is 32.1. The van der Waals surface area contributed by atoms with Crippen LogP contribution in [0.4, 0.5) is 4.79 Å². The third-order valence-electron chi connectivity index (χ3n) is 1.61. The van der Waals surface area contributed by atoms with E-state index in [9.17, 15) is 4.79 Å². The van der Waals surface area contributed by atoms with Crippen molar-refractivity contribution in [1.82, 2.24) is 10.3 Å². The molecule has 0 spiro atoms. The Labute approximate surface area is 87.3 Å². The second kappa shape index (κ2) is 5.59. The number of hydrogen-bond donors (Lipinski definition) is 1. The smallest absolute Gasteiger partial charge is 0.407 e. The molecule has 0 aliphatic rings. The first-order valence-corrected chi connectivity index (χ1v) is 5.42. The van der Waals surface area contributed by atoms with Gasteiger partial charge in [0.05, 0.1) is 13.2 Å². The molecule has 0 fully saturated rings. The van der Waals surface area contributed by atoms with Crippen molar-refractivity contribution >= 4 is 17.4 Å². The average Bonchev–Trinajstić information content (AvgIpc) is 2.63. The summed E-state index contributed by atoms with van der Waals surface area (Å²) in [5, 5.41) is 3.54. The van der Waals surface area contributed by atoms with Crippen molar-refractivity contribution < 1.29 is 9.53 Å². The summed E-state index contributed by atoms with van der Waals surface area (Å²) in [6, 6.07) is 0. The van der Waals surface area contributed by atoms with Crippen LogP contribution in [-0.2, 0) is 17.7 Å². The molecule has 0 unspecified atom stereocenters. The van der Waals surface area contributed by atoms with Crippen LogP contribution in [0.5, 0.6) is 0 Å². The van der Waals surface area contributed by atoms with Crippen LogP contribution in [0.1, 0.15) is 23.7 Å². The van der Waals surface area contributed by atoms with E-state index >= 15 is 0 Å². The quantitative estimate of drug-likeness (QED) is 0.833. The van der Waals surface area contributed by atoms with Gasteiger partial charge >= 0.3 is 6.09 Å².